The van der Waals surface area contributed by atoms with Crippen LogP contribution >= 0.6 is 0 Å². The Morgan fingerprint density at radius 1 is 0.673 bits per heavy atom. The van der Waals surface area contributed by atoms with Crippen LogP contribution < -0.4 is 4.74 Å². The first-order chi connectivity index (χ1) is 23.5. The van der Waals surface area contributed by atoms with E-state index < -0.39 is 36.1 Å². The van der Waals surface area contributed by atoms with Gasteiger partial charge in [0.05, 0.1) is 11.1 Å². The summed E-state index contributed by atoms with van der Waals surface area (Å²) in [6, 6.07) is 33.5. The van der Waals surface area contributed by atoms with E-state index in [4.69, 9.17) is 14.2 Å². The molecule has 1 unspecified atom stereocenters. The van der Waals surface area contributed by atoms with Crippen LogP contribution in [0.25, 0.3) is 5.57 Å². The molecule has 49 heavy (non-hydrogen) atoms. The first kappa shape index (κ1) is 37.7. The summed E-state index contributed by atoms with van der Waals surface area (Å²) in [4.78, 5) is 49.1. The lowest BCUT2D eigenvalue weighted by atomic mass is 9.93. The molecule has 4 rings (SSSR count). The van der Waals surface area contributed by atoms with Crippen molar-refractivity contribution in [2.45, 2.75) is 32.7 Å². The maximum Gasteiger partial charge on any atom is 0.349 e. The largest absolute Gasteiger partial charge is 0.489 e. The van der Waals surface area contributed by atoms with Crippen LogP contribution in [-0.2, 0) is 25.7 Å². The highest BCUT2D eigenvalue weighted by Crippen LogP contribution is 2.27. The van der Waals surface area contributed by atoms with Crippen LogP contribution in [0, 0.1) is 5.92 Å². The molecule has 0 spiro atoms. The summed E-state index contributed by atoms with van der Waals surface area (Å²) >= 11 is 0. The van der Waals surface area contributed by atoms with Crippen molar-refractivity contribution in [3.63, 3.8) is 0 Å². The summed E-state index contributed by atoms with van der Waals surface area (Å²) in [7, 11) is 4.23. The summed E-state index contributed by atoms with van der Waals surface area (Å²) in [6.45, 7) is 6.02. The maximum absolute atomic E-state index is 12.0. The molecule has 4 aromatic carbocycles. The average Bonchev–Trinajstić information content (AvgIpc) is 3.10. The lowest BCUT2D eigenvalue weighted by molar-refractivity contribution is -0.166. The summed E-state index contributed by atoms with van der Waals surface area (Å²) in [5.41, 5.74) is 3.84. The van der Waals surface area contributed by atoms with E-state index >= 15 is 0 Å². The van der Waals surface area contributed by atoms with Crippen molar-refractivity contribution in [1.29, 1.82) is 0 Å². The highest BCUT2D eigenvalue weighted by atomic mass is 16.6. The van der Waals surface area contributed by atoms with Gasteiger partial charge in [-0.3, -0.25) is 0 Å². The topological polar surface area (TPSA) is 140 Å². The number of benzene rings is 4. The Morgan fingerprint density at radius 2 is 1.12 bits per heavy atom. The molecular weight excluding hydrogens is 626 g/mol. The highest BCUT2D eigenvalue weighted by molar-refractivity contribution is 5.95. The molecule has 2 N–H and O–H groups in total. The van der Waals surface area contributed by atoms with Crippen LogP contribution in [-0.4, -0.2) is 71.8 Å². The molecule has 0 heterocycles. The molecule has 10 heteroatoms. The zero-order chi connectivity index (χ0) is 35.8. The van der Waals surface area contributed by atoms with E-state index in [9.17, 15) is 29.4 Å². The zero-order valence-corrected chi connectivity index (χ0v) is 27.9. The van der Waals surface area contributed by atoms with Gasteiger partial charge in [0, 0.05) is 6.54 Å². The second-order valence-electron chi connectivity index (χ2n) is 11.3. The zero-order valence-electron chi connectivity index (χ0n) is 27.9. The standard InChI is InChI=1S/C21H27NO.C18H14O8/c1-5-21(17(2)15-22(3)4)19-12-9-13-20(14-19)23-16-18-10-7-6-8-11-18;19-15(20)13(25-17(23)11-7-3-1-4-8-11)14(16(21)22)26-18(24)12-9-5-2-6-10-12/h5-14,17H,15-16H2,1-4H3;1-10,13-14H,(H,19,20)(H,21,22)/b21-5-;/t;13-,14-/m.1/s1. The number of carbonyl (C=O) groups is 4. The Kier molecular flexibility index (Phi) is 14.8. The van der Waals surface area contributed by atoms with E-state index in [-0.39, 0.29) is 11.1 Å². The van der Waals surface area contributed by atoms with Crippen molar-refractivity contribution in [1.82, 2.24) is 4.90 Å². The van der Waals surface area contributed by atoms with Gasteiger partial charge in [-0.25, -0.2) is 19.2 Å². The summed E-state index contributed by atoms with van der Waals surface area (Å²) < 4.78 is 15.5. The Morgan fingerprint density at radius 3 is 1.55 bits per heavy atom. The summed E-state index contributed by atoms with van der Waals surface area (Å²) in [5.74, 6) is -4.23. The van der Waals surface area contributed by atoms with Gasteiger partial charge in [-0.1, -0.05) is 91.9 Å². The molecule has 0 aromatic heterocycles. The summed E-state index contributed by atoms with van der Waals surface area (Å²) in [5, 5.41) is 18.5. The lowest BCUT2D eigenvalue weighted by Gasteiger charge is -2.21. The smallest absolute Gasteiger partial charge is 0.349 e. The van der Waals surface area contributed by atoms with E-state index in [1.165, 1.54) is 65.2 Å². The molecule has 0 saturated carbocycles. The van der Waals surface area contributed by atoms with Gasteiger partial charge in [-0.05, 0) is 80.0 Å². The quantitative estimate of drug-likeness (QED) is 0.144. The second kappa shape index (κ2) is 19.2. The van der Waals surface area contributed by atoms with Crippen molar-refractivity contribution in [3.05, 3.63) is 144 Å². The fourth-order valence-corrected chi connectivity index (χ4v) is 4.89. The van der Waals surface area contributed by atoms with Gasteiger partial charge in [0.15, 0.2) is 0 Å². The van der Waals surface area contributed by atoms with Gasteiger partial charge in [-0.2, -0.15) is 0 Å². The van der Waals surface area contributed by atoms with Gasteiger partial charge < -0.3 is 29.3 Å². The third-order valence-corrected chi connectivity index (χ3v) is 7.15. The Labute approximate surface area is 286 Å². The van der Waals surface area contributed by atoms with E-state index in [0.29, 0.717) is 12.5 Å². The highest BCUT2D eigenvalue weighted by Gasteiger charge is 2.41. The number of carboxylic acids is 2. The molecule has 0 saturated heterocycles. The molecule has 0 aliphatic heterocycles. The molecule has 3 atom stereocenters. The first-order valence-corrected chi connectivity index (χ1v) is 15.6. The van der Waals surface area contributed by atoms with Crippen molar-refractivity contribution in [2.75, 3.05) is 20.6 Å². The van der Waals surface area contributed by atoms with Crippen LogP contribution in [0.2, 0.25) is 0 Å². The molecule has 4 aromatic rings. The summed E-state index contributed by atoms with van der Waals surface area (Å²) in [6.07, 6.45) is -2.22. The number of hydrogen-bond donors (Lipinski definition) is 2. The Hall–Kier alpha value is -5.74. The minimum Gasteiger partial charge on any atom is -0.489 e. The molecule has 0 aliphatic carbocycles. The molecule has 0 fully saturated rings. The number of carboxylic acid groups (broad SMARTS) is 2. The van der Waals surface area contributed by atoms with Gasteiger partial charge in [0.25, 0.3) is 0 Å². The predicted molar refractivity (Wildman–Crippen MR) is 185 cm³/mol. The molecule has 256 valence electrons. The second-order valence-corrected chi connectivity index (χ2v) is 11.3. The number of esters is 2. The molecule has 10 nitrogen and oxygen atoms in total. The molecule has 0 radical (unpaired) electrons. The van der Waals surface area contributed by atoms with Gasteiger partial charge in [-0.15, -0.1) is 0 Å². The van der Waals surface area contributed by atoms with Crippen LogP contribution in [0.3, 0.4) is 0 Å². The van der Waals surface area contributed by atoms with E-state index in [2.05, 4.69) is 69.3 Å². The van der Waals surface area contributed by atoms with Crippen molar-refractivity contribution in [3.8, 4) is 5.75 Å². The number of allylic oxidation sites excluding steroid dienone is 1. The van der Waals surface area contributed by atoms with Crippen LogP contribution in [0.4, 0.5) is 0 Å². The molecular formula is C39H41NO9. The van der Waals surface area contributed by atoms with Crippen molar-refractivity contribution in [2.24, 2.45) is 5.92 Å². The first-order valence-electron chi connectivity index (χ1n) is 15.6. The third-order valence-electron chi connectivity index (χ3n) is 7.15. The minimum atomic E-state index is -2.21. The fraction of sp³-hybridized carbons (Fsp3) is 0.231. The fourth-order valence-electron chi connectivity index (χ4n) is 4.89. The van der Waals surface area contributed by atoms with E-state index in [0.717, 1.165) is 12.3 Å². The van der Waals surface area contributed by atoms with Crippen LogP contribution in [0.15, 0.2) is 121 Å². The number of carbonyl (C=O) groups excluding carboxylic acids is 2. The minimum absolute atomic E-state index is 0.0253. The number of hydrogen-bond acceptors (Lipinski definition) is 8. The average molecular weight is 668 g/mol. The number of aliphatic carboxylic acids is 2. The number of nitrogens with zero attached hydrogens (tertiary/aromatic N) is 1. The van der Waals surface area contributed by atoms with Crippen LogP contribution in [0.1, 0.15) is 45.7 Å². The van der Waals surface area contributed by atoms with Gasteiger partial charge in [0.2, 0.25) is 12.2 Å². The normalized spacial score (nSPS) is 12.8. The van der Waals surface area contributed by atoms with Gasteiger partial charge >= 0.3 is 23.9 Å². The number of rotatable bonds is 14. The van der Waals surface area contributed by atoms with E-state index in [1.54, 1.807) is 12.1 Å². The molecule has 0 amide bonds. The monoisotopic (exact) mass is 667 g/mol. The Balaban J connectivity index is 0.000000267. The molecule has 0 aliphatic rings. The van der Waals surface area contributed by atoms with Crippen molar-refractivity contribution < 1.29 is 43.6 Å². The lowest BCUT2D eigenvalue weighted by Crippen LogP contribution is -2.45. The van der Waals surface area contributed by atoms with Crippen molar-refractivity contribution >= 4 is 29.5 Å². The SMILES string of the molecule is C/C=C(\c1cccc(OCc2ccccc2)c1)C(C)CN(C)C.O=C(O[C@@H](C(=O)O)[C@@H](OC(=O)c1ccccc1)C(=O)O)c1ccccc1. The Bertz CT molecular complexity index is 1620. The van der Waals surface area contributed by atoms with Crippen LogP contribution in [0.5, 0.6) is 5.75 Å². The van der Waals surface area contributed by atoms with E-state index in [1.807, 2.05) is 24.3 Å². The molecule has 0 bridgehead atoms. The van der Waals surface area contributed by atoms with Gasteiger partial charge in [0.1, 0.15) is 12.4 Å². The maximum atomic E-state index is 12.0. The third kappa shape index (κ3) is 12.1. The number of ether oxygens (including phenoxy) is 3. The predicted octanol–water partition coefficient (Wildman–Crippen LogP) is 6.47.